The van der Waals surface area contributed by atoms with Crippen LogP contribution in [0.1, 0.15) is 24.0 Å². The molecule has 0 aliphatic carbocycles. The third-order valence-electron chi connectivity index (χ3n) is 2.95. The van der Waals surface area contributed by atoms with Crippen LogP contribution in [0.2, 0.25) is 0 Å². The van der Waals surface area contributed by atoms with E-state index in [-0.39, 0.29) is 17.9 Å². The number of rotatable bonds is 1. The second kappa shape index (κ2) is 5.31. The lowest BCUT2D eigenvalue weighted by molar-refractivity contribution is 0.0522. The molecule has 0 radical (unpaired) electrons. The van der Waals surface area contributed by atoms with Crippen LogP contribution in [0.25, 0.3) is 0 Å². The fourth-order valence-corrected chi connectivity index (χ4v) is 1.92. The first kappa shape index (κ1) is 13.0. The molecule has 3 nitrogen and oxygen atoms in total. The highest BCUT2D eigenvalue weighted by atomic mass is 35.5. The van der Waals surface area contributed by atoms with Gasteiger partial charge in [0.2, 0.25) is 0 Å². The molecule has 0 saturated carbocycles. The molecule has 0 bridgehead atoms. The van der Waals surface area contributed by atoms with Gasteiger partial charge in [-0.15, -0.1) is 12.4 Å². The molecule has 1 aromatic rings. The van der Waals surface area contributed by atoms with E-state index in [9.17, 15) is 0 Å². The van der Waals surface area contributed by atoms with Crippen molar-refractivity contribution in [2.75, 3.05) is 13.2 Å². The van der Waals surface area contributed by atoms with Gasteiger partial charge < -0.3 is 10.5 Å². The van der Waals surface area contributed by atoms with Crippen molar-refractivity contribution < 1.29 is 4.74 Å². The lowest BCUT2D eigenvalue weighted by atomic mass is 9.83. The van der Waals surface area contributed by atoms with E-state index in [4.69, 9.17) is 15.7 Å². The Bertz CT molecular complexity index is 394. The first-order chi connectivity index (χ1) is 7.24. The molecule has 1 saturated heterocycles. The summed E-state index contributed by atoms with van der Waals surface area (Å²) >= 11 is 0. The average molecular weight is 239 g/mol. The van der Waals surface area contributed by atoms with E-state index in [1.54, 1.807) is 6.07 Å². The molecule has 2 N–H and O–H groups in total. The van der Waals surface area contributed by atoms with E-state index in [2.05, 4.69) is 6.07 Å². The van der Waals surface area contributed by atoms with Crippen molar-refractivity contribution >= 4 is 12.4 Å². The Kier molecular flexibility index (Phi) is 4.31. The van der Waals surface area contributed by atoms with Crippen LogP contribution in [0.5, 0.6) is 0 Å². The number of hydrogen-bond acceptors (Lipinski definition) is 3. The number of ether oxygens (including phenoxy) is 1. The molecule has 1 aliphatic heterocycles. The van der Waals surface area contributed by atoms with Crippen LogP contribution in [0, 0.1) is 11.3 Å². The number of nitriles is 1. The fraction of sp³-hybridized carbons (Fsp3) is 0.417. The zero-order valence-corrected chi connectivity index (χ0v) is 9.80. The van der Waals surface area contributed by atoms with Gasteiger partial charge in [-0.1, -0.05) is 12.1 Å². The van der Waals surface area contributed by atoms with Gasteiger partial charge in [0.15, 0.2) is 0 Å². The molecule has 1 heterocycles. The van der Waals surface area contributed by atoms with Crippen LogP contribution < -0.4 is 5.73 Å². The lowest BCUT2D eigenvalue weighted by Gasteiger charge is -2.33. The summed E-state index contributed by atoms with van der Waals surface area (Å²) in [5.41, 5.74) is 7.72. The predicted octanol–water partition coefficient (Wildman–Crippen LogP) is 1.94. The molecule has 0 aromatic heterocycles. The zero-order valence-electron chi connectivity index (χ0n) is 8.98. The third-order valence-corrected chi connectivity index (χ3v) is 2.95. The van der Waals surface area contributed by atoms with Gasteiger partial charge in [-0.05, 0) is 30.5 Å². The van der Waals surface area contributed by atoms with E-state index in [1.165, 1.54) is 0 Å². The van der Waals surface area contributed by atoms with E-state index < -0.39 is 0 Å². The summed E-state index contributed by atoms with van der Waals surface area (Å²) in [4.78, 5) is 0. The lowest BCUT2D eigenvalue weighted by Crippen LogP contribution is -2.42. The van der Waals surface area contributed by atoms with Crippen LogP contribution in [-0.4, -0.2) is 13.2 Å². The Balaban J connectivity index is 0.00000128. The summed E-state index contributed by atoms with van der Waals surface area (Å²) in [7, 11) is 0. The number of benzene rings is 1. The first-order valence-corrected chi connectivity index (χ1v) is 5.12. The highest BCUT2D eigenvalue weighted by Crippen LogP contribution is 2.29. The van der Waals surface area contributed by atoms with Crippen LogP contribution in [0.15, 0.2) is 24.3 Å². The number of halogens is 1. The summed E-state index contributed by atoms with van der Waals surface area (Å²) < 4.78 is 5.30. The molecular weight excluding hydrogens is 224 g/mol. The minimum Gasteiger partial charge on any atom is -0.381 e. The van der Waals surface area contributed by atoms with Gasteiger partial charge in [0.05, 0.1) is 11.6 Å². The summed E-state index contributed by atoms with van der Waals surface area (Å²) in [6.07, 6.45) is 1.64. The molecule has 0 unspecified atom stereocenters. The minimum absolute atomic E-state index is 0. The smallest absolute Gasteiger partial charge is 0.0991 e. The highest BCUT2D eigenvalue weighted by molar-refractivity contribution is 5.85. The van der Waals surface area contributed by atoms with Crippen LogP contribution in [0.3, 0.4) is 0 Å². The van der Waals surface area contributed by atoms with Crippen LogP contribution in [0.4, 0.5) is 0 Å². The van der Waals surface area contributed by atoms with Crippen molar-refractivity contribution in [3.8, 4) is 6.07 Å². The molecule has 1 fully saturated rings. The fourth-order valence-electron chi connectivity index (χ4n) is 1.92. The second-order valence-corrected chi connectivity index (χ2v) is 3.96. The van der Waals surface area contributed by atoms with Gasteiger partial charge in [0, 0.05) is 18.8 Å². The zero-order chi connectivity index (χ0) is 10.7. The van der Waals surface area contributed by atoms with Gasteiger partial charge in [-0.2, -0.15) is 5.26 Å². The third kappa shape index (κ3) is 2.53. The number of nitrogens with zero attached hydrogens (tertiary/aromatic N) is 1. The molecule has 2 rings (SSSR count). The van der Waals surface area contributed by atoms with Crippen molar-refractivity contribution in [1.29, 1.82) is 5.26 Å². The van der Waals surface area contributed by atoms with E-state index in [1.807, 2.05) is 18.2 Å². The molecular formula is C12H15ClN2O. The van der Waals surface area contributed by atoms with Gasteiger partial charge in [0.25, 0.3) is 0 Å². The SMILES string of the molecule is Cl.N#Cc1cccc(C2(N)CCOCC2)c1. The molecule has 16 heavy (non-hydrogen) atoms. The number of hydrogen-bond donors (Lipinski definition) is 1. The van der Waals surface area contributed by atoms with Crippen molar-refractivity contribution in [2.24, 2.45) is 5.73 Å². The first-order valence-electron chi connectivity index (χ1n) is 5.12. The normalized spacial score (nSPS) is 18.2. The quantitative estimate of drug-likeness (QED) is 0.814. The number of nitrogens with two attached hydrogens (primary N) is 1. The molecule has 4 heteroatoms. The highest BCUT2D eigenvalue weighted by Gasteiger charge is 2.29. The summed E-state index contributed by atoms with van der Waals surface area (Å²) in [6, 6.07) is 9.69. The molecule has 0 spiro atoms. The molecule has 0 amide bonds. The second-order valence-electron chi connectivity index (χ2n) is 3.96. The summed E-state index contributed by atoms with van der Waals surface area (Å²) in [5, 5.41) is 8.83. The largest absolute Gasteiger partial charge is 0.381 e. The van der Waals surface area contributed by atoms with Crippen molar-refractivity contribution in [3.05, 3.63) is 35.4 Å². The maximum Gasteiger partial charge on any atom is 0.0991 e. The standard InChI is InChI=1S/C12H14N2O.ClH/c13-9-10-2-1-3-11(8-10)12(14)4-6-15-7-5-12;/h1-3,8H,4-7,14H2;1H. The molecule has 1 aromatic carbocycles. The Hall–Kier alpha value is -1.08. The Labute approximate surface area is 102 Å². The molecule has 0 atom stereocenters. The summed E-state index contributed by atoms with van der Waals surface area (Å²) in [6.45, 7) is 1.40. The van der Waals surface area contributed by atoms with Gasteiger partial charge >= 0.3 is 0 Å². The average Bonchev–Trinajstić information content (AvgIpc) is 2.30. The van der Waals surface area contributed by atoms with Crippen molar-refractivity contribution in [1.82, 2.24) is 0 Å². The summed E-state index contributed by atoms with van der Waals surface area (Å²) in [5.74, 6) is 0. The Morgan fingerprint density at radius 2 is 2.00 bits per heavy atom. The topological polar surface area (TPSA) is 59.0 Å². The predicted molar refractivity (Wildman–Crippen MR) is 64.3 cm³/mol. The Morgan fingerprint density at radius 1 is 1.31 bits per heavy atom. The van der Waals surface area contributed by atoms with E-state index in [0.29, 0.717) is 18.8 Å². The maximum atomic E-state index is 8.83. The van der Waals surface area contributed by atoms with Crippen LogP contribution >= 0.6 is 12.4 Å². The monoisotopic (exact) mass is 238 g/mol. The van der Waals surface area contributed by atoms with Crippen LogP contribution in [-0.2, 0) is 10.3 Å². The van der Waals surface area contributed by atoms with Gasteiger partial charge in [-0.3, -0.25) is 0 Å². The van der Waals surface area contributed by atoms with E-state index >= 15 is 0 Å². The van der Waals surface area contributed by atoms with Crippen molar-refractivity contribution in [3.63, 3.8) is 0 Å². The Morgan fingerprint density at radius 3 is 2.62 bits per heavy atom. The maximum absolute atomic E-state index is 8.83. The van der Waals surface area contributed by atoms with Gasteiger partial charge in [0.1, 0.15) is 0 Å². The van der Waals surface area contributed by atoms with Crippen molar-refractivity contribution in [2.45, 2.75) is 18.4 Å². The van der Waals surface area contributed by atoms with E-state index in [0.717, 1.165) is 18.4 Å². The molecule has 1 aliphatic rings. The minimum atomic E-state index is -0.314. The van der Waals surface area contributed by atoms with Gasteiger partial charge in [-0.25, -0.2) is 0 Å². The molecule has 86 valence electrons.